The lowest BCUT2D eigenvalue weighted by Gasteiger charge is -2.37. The average Bonchev–Trinajstić information content (AvgIpc) is 3.13. The van der Waals surface area contributed by atoms with Gasteiger partial charge in [0.25, 0.3) is 0 Å². The maximum atomic E-state index is 3.91. The van der Waals surface area contributed by atoms with Crippen LogP contribution in [0.2, 0.25) is 0 Å². The van der Waals surface area contributed by atoms with E-state index in [1.807, 2.05) is 0 Å². The van der Waals surface area contributed by atoms with Crippen molar-refractivity contribution in [2.75, 3.05) is 9.80 Å². The van der Waals surface area contributed by atoms with Gasteiger partial charge < -0.3 is 9.80 Å². The Bertz CT molecular complexity index is 1190. The van der Waals surface area contributed by atoms with E-state index in [1.54, 1.807) is 0 Å². The van der Waals surface area contributed by atoms with Gasteiger partial charge in [-0.1, -0.05) is 71.8 Å². The SMILES string of the molecule is Cc1cc(C)c(N2[C]N(c3c(C)cc(C)cc3C)C3C(=Cc4ccccc4)CCCC32)c(C)c1. The van der Waals surface area contributed by atoms with Gasteiger partial charge in [-0.3, -0.25) is 0 Å². The van der Waals surface area contributed by atoms with Gasteiger partial charge in [0.2, 0.25) is 6.67 Å². The smallest absolute Gasteiger partial charge is 0.209 e. The van der Waals surface area contributed by atoms with Crippen LogP contribution in [0.5, 0.6) is 0 Å². The molecule has 1 aliphatic heterocycles. The Balaban J connectivity index is 1.67. The highest BCUT2D eigenvalue weighted by molar-refractivity contribution is 5.73. The molecule has 5 rings (SSSR count). The van der Waals surface area contributed by atoms with Gasteiger partial charge >= 0.3 is 0 Å². The summed E-state index contributed by atoms with van der Waals surface area (Å²) in [6.45, 7) is 17.3. The molecule has 1 saturated heterocycles. The van der Waals surface area contributed by atoms with E-state index in [9.17, 15) is 0 Å². The minimum absolute atomic E-state index is 0.286. The Morgan fingerprint density at radius 3 is 1.82 bits per heavy atom. The van der Waals surface area contributed by atoms with E-state index in [0.29, 0.717) is 6.04 Å². The molecule has 2 nitrogen and oxygen atoms in total. The summed E-state index contributed by atoms with van der Waals surface area (Å²) >= 11 is 0. The van der Waals surface area contributed by atoms with Gasteiger partial charge in [-0.05, 0) is 94.2 Å². The number of aryl methyl sites for hydroxylation is 6. The second-order valence-electron chi connectivity index (χ2n) is 10.4. The van der Waals surface area contributed by atoms with Crippen LogP contribution in [-0.4, -0.2) is 12.1 Å². The summed E-state index contributed by atoms with van der Waals surface area (Å²) in [4.78, 5) is 4.95. The van der Waals surface area contributed by atoms with Crippen LogP contribution in [0.3, 0.4) is 0 Å². The van der Waals surface area contributed by atoms with Gasteiger partial charge in [-0.2, -0.15) is 0 Å². The lowest BCUT2D eigenvalue weighted by Crippen LogP contribution is -2.42. The first-order valence-corrected chi connectivity index (χ1v) is 12.6. The molecule has 2 aliphatic rings. The van der Waals surface area contributed by atoms with Crippen molar-refractivity contribution in [1.29, 1.82) is 0 Å². The third-order valence-electron chi connectivity index (χ3n) is 7.44. The Hall–Kier alpha value is -3.00. The van der Waals surface area contributed by atoms with Crippen molar-refractivity contribution >= 4 is 17.5 Å². The molecule has 2 atom stereocenters. The molecule has 0 amide bonds. The van der Waals surface area contributed by atoms with Crippen LogP contribution >= 0.6 is 0 Å². The highest BCUT2D eigenvalue weighted by Crippen LogP contribution is 2.46. The van der Waals surface area contributed by atoms with E-state index in [4.69, 9.17) is 0 Å². The lowest BCUT2D eigenvalue weighted by atomic mass is 9.83. The number of anilines is 2. The molecule has 34 heavy (non-hydrogen) atoms. The van der Waals surface area contributed by atoms with Crippen LogP contribution in [0.15, 0.2) is 60.2 Å². The van der Waals surface area contributed by atoms with Crippen molar-refractivity contribution in [3.63, 3.8) is 0 Å². The number of hydrogen-bond donors (Lipinski definition) is 0. The van der Waals surface area contributed by atoms with E-state index >= 15 is 0 Å². The van der Waals surface area contributed by atoms with Gasteiger partial charge in [-0.15, -0.1) is 0 Å². The van der Waals surface area contributed by atoms with Crippen molar-refractivity contribution in [3.05, 3.63) is 106 Å². The van der Waals surface area contributed by atoms with Crippen molar-refractivity contribution in [1.82, 2.24) is 0 Å². The van der Waals surface area contributed by atoms with Crippen LogP contribution in [0.4, 0.5) is 11.4 Å². The molecule has 3 aromatic rings. The first-order valence-electron chi connectivity index (χ1n) is 12.6. The molecule has 0 aromatic heterocycles. The molecule has 2 radical (unpaired) electrons. The zero-order chi connectivity index (χ0) is 24.0. The van der Waals surface area contributed by atoms with E-state index in [-0.39, 0.29) is 6.04 Å². The molecule has 1 heterocycles. The summed E-state index contributed by atoms with van der Waals surface area (Å²) in [5.74, 6) is 0. The Morgan fingerprint density at radius 2 is 1.26 bits per heavy atom. The van der Waals surface area contributed by atoms with E-state index in [2.05, 4.69) is 119 Å². The van der Waals surface area contributed by atoms with E-state index < -0.39 is 0 Å². The summed E-state index contributed by atoms with van der Waals surface area (Å²) in [6.07, 6.45) is 5.96. The fraction of sp³-hybridized carbons (Fsp3) is 0.344. The Labute approximate surface area is 205 Å². The fourth-order valence-electron chi connectivity index (χ4n) is 6.36. The molecule has 174 valence electrons. The minimum atomic E-state index is 0.286. The molecule has 2 heteroatoms. The van der Waals surface area contributed by atoms with Crippen molar-refractivity contribution in [3.8, 4) is 0 Å². The second-order valence-corrected chi connectivity index (χ2v) is 10.4. The van der Waals surface area contributed by atoms with Crippen molar-refractivity contribution in [2.45, 2.75) is 72.9 Å². The zero-order valence-electron chi connectivity index (χ0n) is 21.4. The Kier molecular flexibility index (Phi) is 6.02. The normalized spacial score (nSPS) is 21.3. The standard InChI is InChI=1S/C32H36N2/c1-21-15-23(3)30(24(4)16-21)33-20-34(31-25(5)17-22(2)18-26(31)6)32-28(13-10-14-29(32)33)19-27-11-8-7-9-12-27/h7-9,11-12,15-19,29,32H,10,13-14H2,1-6H3. The molecule has 2 unspecified atom stereocenters. The summed E-state index contributed by atoms with van der Waals surface area (Å²) in [5.41, 5.74) is 13.4. The maximum absolute atomic E-state index is 3.91. The van der Waals surface area contributed by atoms with Crippen LogP contribution in [0.1, 0.15) is 58.2 Å². The minimum Gasteiger partial charge on any atom is -0.335 e. The van der Waals surface area contributed by atoms with Gasteiger partial charge in [-0.25, -0.2) is 0 Å². The molecular weight excluding hydrogens is 412 g/mol. The number of rotatable bonds is 3. The van der Waals surface area contributed by atoms with Crippen LogP contribution in [0.25, 0.3) is 6.08 Å². The number of fused-ring (bicyclic) bond motifs is 1. The highest BCUT2D eigenvalue weighted by Gasteiger charge is 2.46. The summed E-state index contributed by atoms with van der Waals surface area (Å²) in [5, 5.41) is 0. The predicted molar refractivity (Wildman–Crippen MR) is 145 cm³/mol. The largest absolute Gasteiger partial charge is 0.335 e. The first-order chi connectivity index (χ1) is 16.3. The van der Waals surface area contributed by atoms with Crippen LogP contribution in [0, 0.1) is 48.2 Å². The lowest BCUT2D eigenvalue weighted by molar-refractivity contribution is 0.490. The second kappa shape index (κ2) is 8.98. The van der Waals surface area contributed by atoms with Crippen molar-refractivity contribution in [2.24, 2.45) is 0 Å². The summed E-state index contributed by atoms with van der Waals surface area (Å²) in [6, 6.07) is 20.7. The Morgan fingerprint density at radius 1 is 0.735 bits per heavy atom. The van der Waals surface area contributed by atoms with E-state index in [0.717, 1.165) is 6.42 Å². The van der Waals surface area contributed by atoms with Gasteiger partial charge in [0.05, 0.1) is 12.1 Å². The molecule has 1 saturated carbocycles. The first kappa shape index (κ1) is 22.8. The van der Waals surface area contributed by atoms with Crippen molar-refractivity contribution < 1.29 is 0 Å². The van der Waals surface area contributed by atoms with Gasteiger partial charge in [0, 0.05) is 11.4 Å². The molecule has 0 spiro atoms. The maximum Gasteiger partial charge on any atom is 0.209 e. The molecule has 0 N–H and O–H groups in total. The zero-order valence-corrected chi connectivity index (χ0v) is 21.4. The summed E-state index contributed by atoms with van der Waals surface area (Å²) < 4.78 is 0. The quantitative estimate of drug-likeness (QED) is 0.402. The molecule has 3 aromatic carbocycles. The average molecular weight is 449 g/mol. The molecular formula is C32H36N2. The number of hydrogen-bond acceptors (Lipinski definition) is 2. The fourth-order valence-corrected chi connectivity index (χ4v) is 6.36. The van der Waals surface area contributed by atoms with Gasteiger partial charge in [0.15, 0.2) is 0 Å². The summed E-state index contributed by atoms with van der Waals surface area (Å²) in [7, 11) is 0. The molecule has 1 aliphatic carbocycles. The third kappa shape index (κ3) is 4.04. The van der Waals surface area contributed by atoms with Crippen LogP contribution < -0.4 is 9.80 Å². The highest BCUT2D eigenvalue weighted by atomic mass is 15.4. The molecule has 2 fully saturated rings. The monoisotopic (exact) mass is 448 g/mol. The number of nitrogens with zero attached hydrogens (tertiary/aromatic N) is 2. The van der Waals surface area contributed by atoms with E-state index in [1.165, 1.54) is 68.7 Å². The molecule has 0 bridgehead atoms. The third-order valence-corrected chi connectivity index (χ3v) is 7.44. The predicted octanol–water partition coefficient (Wildman–Crippen LogP) is 7.86. The van der Waals surface area contributed by atoms with Gasteiger partial charge in [0.1, 0.15) is 0 Å². The number of benzene rings is 3. The van der Waals surface area contributed by atoms with Crippen LogP contribution in [-0.2, 0) is 0 Å². The topological polar surface area (TPSA) is 6.48 Å².